The van der Waals surface area contributed by atoms with E-state index in [9.17, 15) is 13.6 Å². The van der Waals surface area contributed by atoms with Gasteiger partial charge < -0.3 is 15.2 Å². The van der Waals surface area contributed by atoms with E-state index >= 15 is 0 Å². The van der Waals surface area contributed by atoms with E-state index in [1.54, 1.807) is 6.20 Å². The highest BCUT2D eigenvalue weighted by Crippen LogP contribution is 2.36. The Kier molecular flexibility index (Phi) is 5.75. The second kappa shape index (κ2) is 8.51. The quantitative estimate of drug-likeness (QED) is 0.341. The standard InChI is InChI=1S/C23H21F2N5OS/c1-5-21(31)27-18-8-15(16(24)9-17(18)25)22-14-6-7-30(12(2)3)19(14)10-20(28-22)29-23-26-11-13(4)32-23/h5-12H,1H2,2-4H3,(H,27,31)(H,26,28,29). The Labute approximate surface area is 187 Å². The third kappa shape index (κ3) is 4.11. The monoisotopic (exact) mass is 453 g/mol. The van der Waals surface area contributed by atoms with Crippen LogP contribution < -0.4 is 10.6 Å². The highest BCUT2D eigenvalue weighted by atomic mass is 32.1. The van der Waals surface area contributed by atoms with Crippen LogP contribution in [0.25, 0.3) is 22.2 Å². The van der Waals surface area contributed by atoms with Crippen molar-refractivity contribution in [2.45, 2.75) is 26.8 Å². The number of halogens is 2. The zero-order valence-electron chi connectivity index (χ0n) is 17.7. The molecule has 0 aliphatic heterocycles. The second-order valence-electron chi connectivity index (χ2n) is 7.51. The maximum absolute atomic E-state index is 14.9. The maximum Gasteiger partial charge on any atom is 0.247 e. The highest BCUT2D eigenvalue weighted by molar-refractivity contribution is 7.15. The molecule has 32 heavy (non-hydrogen) atoms. The molecule has 0 atom stereocenters. The number of hydrogen-bond acceptors (Lipinski definition) is 5. The van der Waals surface area contributed by atoms with Crippen molar-refractivity contribution in [2.24, 2.45) is 0 Å². The van der Waals surface area contributed by atoms with Crippen LogP contribution in [0.15, 0.2) is 49.3 Å². The number of aryl methyl sites for hydroxylation is 1. The van der Waals surface area contributed by atoms with Gasteiger partial charge in [0, 0.05) is 46.4 Å². The number of pyridine rings is 1. The van der Waals surface area contributed by atoms with Crippen LogP contribution >= 0.6 is 11.3 Å². The Hall–Kier alpha value is -3.59. The van der Waals surface area contributed by atoms with Crippen LogP contribution in [0, 0.1) is 18.6 Å². The van der Waals surface area contributed by atoms with Crippen LogP contribution in [0.1, 0.15) is 24.8 Å². The van der Waals surface area contributed by atoms with Gasteiger partial charge in [0.15, 0.2) is 5.13 Å². The molecule has 4 rings (SSSR count). The van der Waals surface area contributed by atoms with Gasteiger partial charge in [0.25, 0.3) is 0 Å². The van der Waals surface area contributed by atoms with Crippen molar-refractivity contribution in [1.29, 1.82) is 0 Å². The van der Waals surface area contributed by atoms with Gasteiger partial charge in [0.05, 0.1) is 16.9 Å². The van der Waals surface area contributed by atoms with Gasteiger partial charge in [0.2, 0.25) is 5.91 Å². The number of fused-ring (bicyclic) bond motifs is 1. The predicted octanol–water partition coefficient (Wildman–Crippen LogP) is 6.20. The summed E-state index contributed by atoms with van der Waals surface area (Å²) in [6, 6.07) is 5.86. The average molecular weight is 454 g/mol. The lowest BCUT2D eigenvalue weighted by Crippen LogP contribution is -2.09. The molecule has 9 heteroatoms. The van der Waals surface area contributed by atoms with Crippen LogP contribution in [0.4, 0.5) is 25.4 Å². The van der Waals surface area contributed by atoms with Crippen LogP contribution in [-0.2, 0) is 4.79 Å². The lowest BCUT2D eigenvalue weighted by molar-refractivity contribution is -0.111. The minimum Gasteiger partial charge on any atom is -0.345 e. The number of thiazole rings is 1. The summed E-state index contributed by atoms with van der Waals surface area (Å²) in [7, 11) is 0. The summed E-state index contributed by atoms with van der Waals surface area (Å²) >= 11 is 1.47. The van der Waals surface area contributed by atoms with Crippen molar-refractivity contribution in [2.75, 3.05) is 10.6 Å². The molecular formula is C23H21F2N5OS. The summed E-state index contributed by atoms with van der Waals surface area (Å²) in [4.78, 5) is 21.7. The third-order valence-corrected chi connectivity index (χ3v) is 5.71. The molecule has 6 nitrogen and oxygen atoms in total. The number of hydrogen-bond donors (Lipinski definition) is 2. The van der Waals surface area contributed by atoms with E-state index in [-0.39, 0.29) is 17.3 Å². The maximum atomic E-state index is 14.9. The Morgan fingerprint density at radius 1 is 1.25 bits per heavy atom. The molecule has 3 aromatic heterocycles. The zero-order chi connectivity index (χ0) is 23.0. The molecule has 4 aromatic rings. The fourth-order valence-corrected chi connectivity index (χ4v) is 4.08. The van der Waals surface area contributed by atoms with E-state index in [2.05, 4.69) is 27.2 Å². The normalized spacial score (nSPS) is 11.2. The topological polar surface area (TPSA) is 71.8 Å². The van der Waals surface area contributed by atoms with E-state index in [1.807, 2.05) is 43.7 Å². The fourth-order valence-electron chi connectivity index (χ4n) is 3.41. The first kappa shape index (κ1) is 21.6. The molecule has 0 bridgehead atoms. The highest BCUT2D eigenvalue weighted by Gasteiger charge is 2.19. The number of aromatic nitrogens is 3. The first-order valence-corrected chi connectivity index (χ1v) is 10.7. The Morgan fingerprint density at radius 3 is 2.69 bits per heavy atom. The van der Waals surface area contributed by atoms with E-state index < -0.39 is 17.5 Å². The molecule has 1 aromatic carbocycles. The number of carbonyl (C=O) groups excluding carboxylic acids is 1. The number of rotatable bonds is 6. The van der Waals surface area contributed by atoms with Crippen molar-refractivity contribution >= 4 is 44.8 Å². The molecule has 0 radical (unpaired) electrons. The molecule has 0 fully saturated rings. The minimum atomic E-state index is -0.884. The van der Waals surface area contributed by atoms with Crippen molar-refractivity contribution in [3.8, 4) is 11.3 Å². The van der Waals surface area contributed by atoms with E-state index in [4.69, 9.17) is 0 Å². The molecule has 0 aliphatic carbocycles. The zero-order valence-corrected chi connectivity index (χ0v) is 18.6. The van der Waals surface area contributed by atoms with E-state index in [0.29, 0.717) is 22.0 Å². The van der Waals surface area contributed by atoms with Crippen LogP contribution in [-0.4, -0.2) is 20.4 Å². The van der Waals surface area contributed by atoms with Gasteiger partial charge in [-0.25, -0.2) is 18.7 Å². The van der Waals surface area contributed by atoms with Crippen LogP contribution in [0.5, 0.6) is 0 Å². The summed E-state index contributed by atoms with van der Waals surface area (Å²) in [6.07, 6.45) is 4.67. The number of anilines is 3. The van der Waals surface area contributed by atoms with Crippen molar-refractivity contribution in [1.82, 2.24) is 14.5 Å². The molecule has 0 spiro atoms. The number of nitrogens with zero attached hydrogens (tertiary/aromatic N) is 3. The first-order valence-electron chi connectivity index (χ1n) is 9.90. The first-order chi connectivity index (χ1) is 15.3. The number of carbonyl (C=O) groups is 1. The van der Waals surface area contributed by atoms with Crippen LogP contribution in [0.2, 0.25) is 0 Å². The van der Waals surface area contributed by atoms with E-state index in [0.717, 1.165) is 22.5 Å². The minimum absolute atomic E-state index is 0.0660. The summed E-state index contributed by atoms with van der Waals surface area (Å²) < 4.78 is 31.3. The van der Waals surface area contributed by atoms with Gasteiger partial charge in [-0.05, 0) is 39.0 Å². The smallest absolute Gasteiger partial charge is 0.247 e. The molecule has 0 aliphatic rings. The van der Waals surface area contributed by atoms with Gasteiger partial charge in [-0.3, -0.25) is 4.79 Å². The van der Waals surface area contributed by atoms with Crippen LogP contribution in [0.3, 0.4) is 0 Å². The Morgan fingerprint density at radius 2 is 2.03 bits per heavy atom. The molecule has 0 saturated heterocycles. The van der Waals surface area contributed by atoms with E-state index in [1.165, 1.54) is 17.4 Å². The van der Waals surface area contributed by atoms with Gasteiger partial charge >= 0.3 is 0 Å². The van der Waals surface area contributed by atoms with Gasteiger partial charge in [0.1, 0.15) is 17.5 Å². The average Bonchev–Trinajstić information content (AvgIpc) is 3.35. The van der Waals surface area contributed by atoms with Gasteiger partial charge in [-0.2, -0.15) is 0 Å². The summed E-state index contributed by atoms with van der Waals surface area (Å²) in [5.41, 5.74) is 1.07. The number of amides is 1. The SMILES string of the molecule is C=CC(=O)Nc1cc(-c2nc(Nc3ncc(C)s3)cc3c2ccn3C(C)C)c(F)cc1F. The summed E-state index contributed by atoms with van der Waals surface area (Å²) in [5.74, 6) is -1.79. The Balaban J connectivity index is 1.92. The van der Waals surface area contributed by atoms with Gasteiger partial charge in [-0.1, -0.05) is 6.58 Å². The molecular weight excluding hydrogens is 432 g/mol. The Bertz CT molecular complexity index is 1340. The molecule has 2 N–H and O–H groups in total. The lowest BCUT2D eigenvalue weighted by Gasteiger charge is -2.14. The fraction of sp³-hybridized carbons (Fsp3) is 0.174. The molecule has 164 valence electrons. The predicted molar refractivity (Wildman–Crippen MR) is 124 cm³/mol. The number of nitrogens with one attached hydrogen (secondary N) is 2. The summed E-state index contributed by atoms with van der Waals surface area (Å²) in [5, 5.41) is 6.90. The van der Waals surface area contributed by atoms with Crippen molar-refractivity contribution < 1.29 is 13.6 Å². The second-order valence-corrected chi connectivity index (χ2v) is 8.75. The largest absolute Gasteiger partial charge is 0.345 e. The molecule has 0 saturated carbocycles. The van der Waals surface area contributed by atoms with Gasteiger partial charge in [-0.15, -0.1) is 11.3 Å². The molecule has 1 amide bonds. The number of benzene rings is 1. The lowest BCUT2D eigenvalue weighted by atomic mass is 10.1. The molecule has 3 heterocycles. The molecule has 0 unspecified atom stereocenters. The third-order valence-electron chi connectivity index (χ3n) is 4.88. The van der Waals surface area contributed by atoms with Crippen molar-refractivity contribution in [3.63, 3.8) is 0 Å². The van der Waals surface area contributed by atoms with Crippen molar-refractivity contribution in [3.05, 3.63) is 65.8 Å². The summed E-state index contributed by atoms with van der Waals surface area (Å²) in [6.45, 7) is 9.39.